The molecule has 0 aliphatic carbocycles. The molecule has 0 fully saturated rings. The fourth-order valence-electron chi connectivity index (χ4n) is 2.03. The van der Waals surface area contributed by atoms with Crippen LogP contribution in [0.25, 0.3) is 0 Å². The number of rotatable bonds is 6. The molecule has 2 atom stereocenters. The summed E-state index contributed by atoms with van der Waals surface area (Å²) in [4.78, 5) is 0. The van der Waals surface area contributed by atoms with Gasteiger partial charge in [0.2, 0.25) is 0 Å². The molecular weight excluding hydrogens is 266 g/mol. The van der Waals surface area contributed by atoms with E-state index in [0.29, 0.717) is 12.1 Å². The van der Waals surface area contributed by atoms with Crippen molar-refractivity contribution in [3.05, 3.63) is 16.9 Å². The molecule has 92 valence electrons. The molecule has 0 radical (unpaired) electrons. The summed E-state index contributed by atoms with van der Waals surface area (Å²) in [7, 11) is 0. The molecule has 1 rings (SSSR count). The Morgan fingerprint density at radius 2 is 2.00 bits per heavy atom. The van der Waals surface area contributed by atoms with E-state index in [1.165, 1.54) is 6.42 Å². The third-order valence-corrected chi connectivity index (χ3v) is 2.87. The summed E-state index contributed by atoms with van der Waals surface area (Å²) in [6.07, 6.45) is 5.04. The Bertz CT molecular complexity index is 309. The van der Waals surface area contributed by atoms with Gasteiger partial charge in [-0.15, -0.1) is 0 Å². The summed E-state index contributed by atoms with van der Waals surface area (Å²) >= 11 is 3.40. The zero-order valence-electron chi connectivity index (χ0n) is 10.6. The van der Waals surface area contributed by atoms with E-state index < -0.39 is 0 Å². The van der Waals surface area contributed by atoms with Crippen LogP contribution in [0.3, 0.4) is 0 Å². The van der Waals surface area contributed by atoms with Crippen LogP contribution in [0.2, 0.25) is 0 Å². The predicted octanol–water partition coefficient (Wildman–Crippen LogP) is 3.06. The molecular formula is C12H22BrN3. The summed E-state index contributed by atoms with van der Waals surface area (Å²) < 4.78 is 3.00. The molecule has 4 heteroatoms. The van der Waals surface area contributed by atoms with E-state index in [2.05, 4.69) is 54.0 Å². The molecule has 1 aromatic rings. The van der Waals surface area contributed by atoms with Crippen molar-refractivity contribution in [1.82, 2.24) is 15.1 Å². The van der Waals surface area contributed by atoms with Crippen molar-refractivity contribution in [3.63, 3.8) is 0 Å². The second kappa shape index (κ2) is 6.40. The maximum absolute atomic E-state index is 4.25. The first-order valence-electron chi connectivity index (χ1n) is 5.91. The number of aromatic nitrogens is 2. The topological polar surface area (TPSA) is 29.9 Å². The number of nitrogens with zero attached hydrogens (tertiary/aromatic N) is 2. The van der Waals surface area contributed by atoms with Crippen LogP contribution in [-0.4, -0.2) is 21.9 Å². The van der Waals surface area contributed by atoms with Crippen molar-refractivity contribution < 1.29 is 0 Å². The highest BCUT2D eigenvalue weighted by molar-refractivity contribution is 9.10. The van der Waals surface area contributed by atoms with Crippen LogP contribution >= 0.6 is 15.9 Å². The van der Waals surface area contributed by atoms with Crippen molar-refractivity contribution in [1.29, 1.82) is 0 Å². The van der Waals surface area contributed by atoms with Crippen LogP contribution in [0.15, 0.2) is 16.9 Å². The summed E-state index contributed by atoms with van der Waals surface area (Å²) in [5, 5.41) is 7.85. The standard InChI is InChI=1S/C12H22BrN3/c1-9(2)5-10(3)15-11(4)7-16-8-12(13)6-14-16/h6,8-11,15H,5,7H2,1-4H3. The normalized spacial score (nSPS) is 15.4. The van der Waals surface area contributed by atoms with E-state index >= 15 is 0 Å². The largest absolute Gasteiger partial charge is 0.310 e. The minimum atomic E-state index is 0.445. The van der Waals surface area contributed by atoms with E-state index in [4.69, 9.17) is 0 Å². The molecule has 1 heterocycles. The van der Waals surface area contributed by atoms with Gasteiger partial charge in [-0.1, -0.05) is 13.8 Å². The first-order chi connectivity index (χ1) is 7.47. The molecule has 0 bridgehead atoms. The van der Waals surface area contributed by atoms with Crippen LogP contribution in [0.1, 0.15) is 34.1 Å². The Morgan fingerprint density at radius 3 is 2.50 bits per heavy atom. The van der Waals surface area contributed by atoms with Crippen LogP contribution < -0.4 is 5.32 Å². The molecule has 0 aromatic carbocycles. The first-order valence-corrected chi connectivity index (χ1v) is 6.70. The molecule has 1 N–H and O–H groups in total. The van der Waals surface area contributed by atoms with Crippen molar-refractivity contribution in [3.8, 4) is 0 Å². The molecule has 3 nitrogen and oxygen atoms in total. The average molecular weight is 288 g/mol. The Hall–Kier alpha value is -0.350. The Labute approximate surface area is 107 Å². The van der Waals surface area contributed by atoms with Gasteiger partial charge in [0, 0.05) is 18.3 Å². The molecule has 0 spiro atoms. The van der Waals surface area contributed by atoms with E-state index in [1.54, 1.807) is 0 Å². The van der Waals surface area contributed by atoms with E-state index in [9.17, 15) is 0 Å². The second-order valence-corrected chi connectivity index (χ2v) is 5.89. The van der Waals surface area contributed by atoms with Gasteiger partial charge in [-0.25, -0.2) is 0 Å². The molecule has 16 heavy (non-hydrogen) atoms. The average Bonchev–Trinajstić information content (AvgIpc) is 2.48. The van der Waals surface area contributed by atoms with E-state index in [-0.39, 0.29) is 0 Å². The van der Waals surface area contributed by atoms with Crippen molar-refractivity contribution in [2.24, 2.45) is 5.92 Å². The molecule has 0 saturated heterocycles. The minimum absolute atomic E-state index is 0.445. The maximum atomic E-state index is 4.25. The second-order valence-electron chi connectivity index (χ2n) is 4.98. The van der Waals surface area contributed by atoms with Crippen LogP contribution in [0.5, 0.6) is 0 Å². The fourth-order valence-corrected chi connectivity index (χ4v) is 2.36. The highest BCUT2D eigenvalue weighted by atomic mass is 79.9. The monoisotopic (exact) mass is 287 g/mol. The zero-order chi connectivity index (χ0) is 12.1. The molecule has 0 aliphatic heterocycles. The molecule has 1 aromatic heterocycles. The van der Waals surface area contributed by atoms with Gasteiger partial charge >= 0.3 is 0 Å². The highest BCUT2D eigenvalue weighted by Crippen LogP contribution is 2.08. The summed E-state index contributed by atoms with van der Waals surface area (Å²) in [6, 6.07) is 1.01. The first kappa shape index (κ1) is 13.7. The molecule has 0 aliphatic rings. The third-order valence-electron chi connectivity index (χ3n) is 2.46. The van der Waals surface area contributed by atoms with Gasteiger partial charge in [-0.2, -0.15) is 5.10 Å². The fraction of sp³-hybridized carbons (Fsp3) is 0.750. The Balaban J connectivity index is 2.32. The van der Waals surface area contributed by atoms with Crippen molar-refractivity contribution in [2.75, 3.05) is 0 Å². The number of hydrogen-bond donors (Lipinski definition) is 1. The lowest BCUT2D eigenvalue weighted by Crippen LogP contribution is -2.38. The number of hydrogen-bond acceptors (Lipinski definition) is 2. The summed E-state index contributed by atoms with van der Waals surface area (Å²) in [5.74, 6) is 0.744. The SMILES string of the molecule is CC(C)CC(C)NC(C)Cn1cc(Br)cn1. The lowest BCUT2D eigenvalue weighted by molar-refractivity contribution is 0.368. The minimum Gasteiger partial charge on any atom is -0.310 e. The van der Waals surface area contributed by atoms with Gasteiger partial charge in [-0.3, -0.25) is 4.68 Å². The van der Waals surface area contributed by atoms with Gasteiger partial charge in [0.05, 0.1) is 17.2 Å². The zero-order valence-corrected chi connectivity index (χ0v) is 12.2. The Morgan fingerprint density at radius 1 is 1.31 bits per heavy atom. The molecule has 0 amide bonds. The highest BCUT2D eigenvalue weighted by Gasteiger charge is 2.09. The van der Waals surface area contributed by atoms with Gasteiger partial charge in [0.15, 0.2) is 0 Å². The lowest BCUT2D eigenvalue weighted by atomic mass is 10.0. The maximum Gasteiger partial charge on any atom is 0.0632 e. The number of halogens is 1. The quantitative estimate of drug-likeness (QED) is 0.872. The Kier molecular flexibility index (Phi) is 5.49. The summed E-state index contributed by atoms with van der Waals surface area (Å²) in [5.41, 5.74) is 0. The van der Waals surface area contributed by atoms with E-state index in [0.717, 1.165) is 16.9 Å². The summed E-state index contributed by atoms with van der Waals surface area (Å²) in [6.45, 7) is 9.87. The van der Waals surface area contributed by atoms with Crippen molar-refractivity contribution in [2.45, 2.75) is 52.7 Å². The smallest absolute Gasteiger partial charge is 0.0632 e. The third kappa shape index (κ3) is 5.12. The number of nitrogens with one attached hydrogen (secondary N) is 1. The lowest BCUT2D eigenvalue weighted by Gasteiger charge is -2.21. The molecule has 0 saturated carbocycles. The van der Waals surface area contributed by atoms with Gasteiger partial charge in [-0.05, 0) is 42.1 Å². The van der Waals surface area contributed by atoms with Crippen LogP contribution in [0, 0.1) is 5.92 Å². The molecule has 2 unspecified atom stereocenters. The van der Waals surface area contributed by atoms with Crippen LogP contribution in [-0.2, 0) is 6.54 Å². The van der Waals surface area contributed by atoms with E-state index in [1.807, 2.05) is 17.1 Å². The van der Waals surface area contributed by atoms with Gasteiger partial charge in [0.1, 0.15) is 0 Å². The van der Waals surface area contributed by atoms with Gasteiger partial charge < -0.3 is 5.32 Å². The van der Waals surface area contributed by atoms with Gasteiger partial charge in [0.25, 0.3) is 0 Å². The van der Waals surface area contributed by atoms with Crippen molar-refractivity contribution >= 4 is 15.9 Å². The van der Waals surface area contributed by atoms with Crippen LogP contribution in [0.4, 0.5) is 0 Å². The predicted molar refractivity (Wildman–Crippen MR) is 71.4 cm³/mol.